The zero-order chi connectivity index (χ0) is 17.5. The first-order valence-corrected chi connectivity index (χ1v) is 8.06. The quantitative estimate of drug-likeness (QED) is 0.742. The molecule has 0 fully saturated rings. The number of pyridine rings is 1. The Bertz CT molecular complexity index is 686. The molecule has 6 nitrogen and oxygen atoms in total. The van der Waals surface area contributed by atoms with E-state index >= 15 is 0 Å². The summed E-state index contributed by atoms with van der Waals surface area (Å²) < 4.78 is 4.83. The van der Waals surface area contributed by atoms with Crippen molar-refractivity contribution in [2.75, 3.05) is 23.0 Å². The SMILES string of the molecule is CCOC(=O)Nc1ccc(NC(CC)c2ccc(C)cc2)nc1N. The fraction of sp³-hybridized carbons (Fsp3) is 0.333. The minimum atomic E-state index is -0.544. The van der Waals surface area contributed by atoms with E-state index in [0.717, 1.165) is 6.42 Å². The van der Waals surface area contributed by atoms with Gasteiger partial charge >= 0.3 is 6.09 Å². The topological polar surface area (TPSA) is 89.3 Å². The van der Waals surface area contributed by atoms with Crippen molar-refractivity contribution >= 4 is 23.4 Å². The van der Waals surface area contributed by atoms with Gasteiger partial charge in [-0.25, -0.2) is 9.78 Å². The van der Waals surface area contributed by atoms with Crippen LogP contribution < -0.4 is 16.4 Å². The number of aromatic nitrogens is 1. The van der Waals surface area contributed by atoms with Crippen LogP contribution in [0.4, 0.5) is 22.1 Å². The van der Waals surface area contributed by atoms with Crippen molar-refractivity contribution in [1.29, 1.82) is 0 Å². The van der Waals surface area contributed by atoms with E-state index < -0.39 is 6.09 Å². The molecule has 128 valence electrons. The summed E-state index contributed by atoms with van der Waals surface area (Å²) in [5.41, 5.74) is 8.77. The molecule has 0 saturated heterocycles. The van der Waals surface area contributed by atoms with Crippen LogP contribution in [0.5, 0.6) is 0 Å². The fourth-order valence-corrected chi connectivity index (χ4v) is 2.34. The van der Waals surface area contributed by atoms with E-state index in [4.69, 9.17) is 10.5 Å². The summed E-state index contributed by atoms with van der Waals surface area (Å²) in [5.74, 6) is 0.904. The molecule has 0 bridgehead atoms. The molecule has 6 heteroatoms. The molecule has 0 aliphatic carbocycles. The van der Waals surface area contributed by atoms with Crippen LogP contribution in [0.3, 0.4) is 0 Å². The van der Waals surface area contributed by atoms with E-state index in [0.29, 0.717) is 18.1 Å². The number of hydrogen-bond donors (Lipinski definition) is 3. The van der Waals surface area contributed by atoms with Gasteiger partial charge in [-0.3, -0.25) is 5.32 Å². The molecule has 4 N–H and O–H groups in total. The van der Waals surface area contributed by atoms with Gasteiger partial charge in [-0.1, -0.05) is 36.8 Å². The van der Waals surface area contributed by atoms with Crippen LogP contribution >= 0.6 is 0 Å². The second-order valence-electron chi connectivity index (χ2n) is 5.49. The third-order valence-corrected chi connectivity index (χ3v) is 3.65. The maximum Gasteiger partial charge on any atom is 0.411 e. The van der Waals surface area contributed by atoms with E-state index in [1.54, 1.807) is 19.1 Å². The number of nitrogens with zero attached hydrogens (tertiary/aromatic N) is 1. The first-order chi connectivity index (χ1) is 11.5. The van der Waals surface area contributed by atoms with Gasteiger partial charge in [0.15, 0.2) is 0 Å². The number of aryl methyl sites for hydroxylation is 1. The molecule has 1 unspecified atom stereocenters. The Kier molecular flexibility index (Phi) is 6.01. The van der Waals surface area contributed by atoms with Crippen molar-refractivity contribution in [2.45, 2.75) is 33.2 Å². The van der Waals surface area contributed by atoms with Crippen LogP contribution in [0.1, 0.15) is 37.4 Å². The van der Waals surface area contributed by atoms with Gasteiger partial charge in [-0.2, -0.15) is 0 Å². The zero-order valence-electron chi connectivity index (χ0n) is 14.3. The summed E-state index contributed by atoms with van der Waals surface area (Å²) in [6.45, 7) is 6.21. The summed E-state index contributed by atoms with van der Waals surface area (Å²) in [4.78, 5) is 15.8. The molecule has 2 aromatic rings. The Hall–Kier alpha value is -2.76. The van der Waals surface area contributed by atoms with Gasteiger partial charge in [0.05, 0.1) is 18.3 Å². The van der Waals surface area contributed by atoms with Gasteiger partial charge in [0.25, 0.3) is 0 Å². The van der Waals surface area contributed by atoms with Gasteiger partial charge in [-0.05, 0) is 38.0 Å². The summed E-state index contributed by atoms with van der Waals surface area (Å²) in [5, 5.41) is 5.94. The van der Waals surface area contributed by atoms with E-state index in [9.17, 15) is 4.79 Å². The third-order valence-electron chi connectivity index (χ3n) is 3.65. The maximum absolute atomic E-state index is 11.5. The Morgan fingerprint density at radius 3 is 2.50 bits per heavy atom. The molecule has 1 amide bonds. The summed E-state index contributed by atoms with van der Waals surface area (Å²) in [6, 6.07) is 12.0. The Labute approximate surface area is 142 Å². The summed E-state index contributed by atoms with van der Waals surface area (Å²) in [7, 11) is 0. The number of ether oxygens (including phenoxy) is 1. The molecule has 1 atom stereocenters. The molecule has 2 rings (SSSR count). The first kappa shape index (κ1) is 17.6. The number of anilines is 3. The standard InChI is InChI=1S/C18H24N4O2/c1-4-14(13-8-6-12(3)7-9-13)20-16-11-10-15(17(19)22-16)21-18(23)24-5-2/h6-11,14H,4-5H2,1-3H3,(H,21,23)(H3,19,20,22). The van der Waals surface area contributed by atoms with E-state index in [1.807, 2.05) is 0 Å². The lowest BCUT2D eigenvalue weighted by Gasteiger charge is -2.19. The number of nitrogens with two attached hydrogens (primary N) is 1. The monoisotopic (exact) mass is 328 g/mol. The fourth-order valence-electron chi connectivity index (χ4n) is 2.34. The van der Waals surface area contributed by atoms with Crippen LogP contribution in [-0.2, 0) is 4.74 Å². The second-order valence-corrected chi connectivity index (χ2v) is 5.49. The highest BCUT2D eigenvalue weighted by molar-refractivity contribution is 5.88. The molecular formula is C18H24N4O2. The first-order valence-electron chi connectivity index (χ1n) is 8.06. The van der Waals surface area contributed by atoms with Crippen molar-refractivity contribution in [3.05, 3.63) is 47.5 Å². The molecule has 24 heavy (non-hydrogen) atoms. The average molecular weight is 328 g/mol. The Morgan fingerprint density at radius 2 is 1.92 bits per heavy atom. The van der Waals surface area contributed by atoms with Gasteiger partial charge in [0.1, 0.15) is 11.6 Å². The van der Waals surface area contributed by atoms with Crippen molar-refractivity contribution in [1.82, 2.24) is 4.98 Å². The summed E-state index contributed by atoms with van der Waals surface area (Å²) in [6.07, 6.45) is 0.366. The van der Waals surface area contributed by atoms with E-state index in [1.165, 1.54) is 11.1 Å². The lowest BCUT2D eigenvalue weighted by molar-refractivity contribution is 0.168. The smallest absolute Gasteiger partial charge is 0.411 e. The number of hydrogen-bond acceptors (Lipinski definition) is 5. The van der Waals surface area contributed by atoms with Crippen LogP contribution in [-0.4, -0.2) is 17.7 Å². The van der Waals surface area contributed by atoms with Crippen LogP contribution in [0.2, 0.25) is 0 Å². The summed E-state index contributed by atoms with van der Waals surface area (Å²) >= 11 is 0. The number of benzene rings is 1. The number of rotatable bonds is 6. The van der Waals surface area contributed by atoms with Crippen molar-refractivity contribution in [3.8, 4) is 0 Å². The minimum absolute atomic E-state index is 0.140. The third kappa shape index (κ3) is 4.62. The number of amides is 1. The highest BCUT2D eigenvalue weighted by Crippen LogP contribution is 2.25. The van der Waals surface area contributed by atoms with Gasteiger partial charge in [0.2, 0.25) is 0 Å². The maximum atomic E-state index is 11.5. The van der Waals surface area contributed by atoms with Crippen molar-refractivity contribution < 1.29 is 9.53 Å². The predicted octanol–water partition coefficient (Wildman–Crippen LogP) is 4.10. The number of carbonyl (C=O) groups is 1. The molecule has 1 aromatic heterocycles. The normalized spacial score (nSPS) is 11.6. The van der Waals surface area contributed by atoms with Gasteiger partial charge in [0, 0.05) is 0 Å². The zero-order valence-corrected chi connectivity index (χ0v) is 14.3. The number of nitrogen functional groups attached to an aromatic ring is 1. The van der Waals surface area contributed by atoms with Crippen molar-refractivity contribution in [3.63, 3.8) is 0 Å². The Balaban J connectivity index is 2.10. The van der Waals surface area contributed by atoms with E-state index in [2.05, 4.69) is 53.7 Å². The van der Waals surface area contributed by atoms with Crippen LogP contribution in [0.25, 0.3) is 0 Å². The molecule has 0 radical (unpaired) electrons. The molecule has 0 saturated carbocycles. The van der Waals surface area contributed by atoms with Gasteiger partial charge in [-0.15, -0.1) is 0 Å². The molecule has 0 aliphatic heterocycles. The lowest BCUT2D eigenvalue weighted by Crippen LogP contribution is -2.16. The Morgan fingerprint density at radius 1 is 1.21 bits per heavy atom. The van der Waals surface area contributed by atoms with Crippen LogP contribution in [0, 0.1) is 6.92 Å². The number of carbonyl (C=O) groups excluding carboxylic acids is 1. The second kappa shape index (κ2) is 8.19. The van der Waals surface area contributed by atoms with Crippen molar-refractivity contribution in [2.24, 2.45) is 0 Å². The highest BCUT2D eigenvalue weighted by atomic mass is 16.5. The molecule has 1 heterocycles. The number of nitrogens with one attached hydrogen (secondary N) is 2. The highest BCUT2D eigenvalue weighted by Gasteiger charge is 2.12. The molecule has 0 spiro atoms. The van der Waals surface area contributed by atoms with E-state index in [-0.39, 0.29) is 11.9 Å². The molecular weight excluding hydrogens is 304 g/mol. The molecule has 1 aromatic carbocycles. The average Bonchev–Trinajstić information content (AvgIpc) is 2.56. The predicted molar refractivity (Wildman–Crippen MR) is 97.1 cm³/mol. The molecule has 0 aliphatic rings. The van der Waals surface area contributed by atoms with Gasteiger partial charge < -0.3 is 15.8 Å². The van der Waals surface area contributed by atoms with Crippen LogP contribution in [0.15, 0.2) is 36.4 Å². The minimum Gasteiger partial charge on any atom is -0.450 e. The lowest BCUT2D eigenvalue weighted by atomic mass is 10.0. The largest absolute Gasteiger partial charge is 0.450 e.